The van der Waals surface area contributed by atoms with Gasteiger partial charge in [-0.1, -0.05) is 24.2 Å². The SMILES string of the molecule is C/C(=N\OCC(=O)NC1CCC(C)CC1)c1nc2ccccc2n1C(F)F. The molecule has 1 aromatic heterocycles. The van der Waals surface area contributed by atoms with Crippen molar-refractivity contribution in [2.45, 2.75) is 52.1 Å². The molecule has 1 amide bonds. The topological polar surface area (TPSA) is 68.5 Å². The molecule has 2 aromatic rings. The summed E-state index contributed by atoms with van der Waals surface area (Å²) < 4.78 is 27.7. The van der Waals surface area contributed by atoms with Gasteiger partial charge in [-0.3, -0.25) is 9.36 Å². The molecule has 0 atom stereocenters. The van der Waals surface area contributed by atoms with Crippen molar-refractivity contribution < 1.29 is 18.4 Å². The van der Waals surface area contributed by atoms with Gasteiger partial charge in [0.15, 0.2) is 12.4 Å². The van der Waals surface area contributed by atoms with Gasteiger partial charge in [-0.15, -0.1) is 0 Å². The predicted octanol–water partition coefficient (Wildman–Crippen LogP) is 3.87. The second kappa shape index (κ2) is 8.45. The lowest BCUT2D eigenvalue weighted by atomic mass is 9.87. The lowest BCUT2D eigenvalue weighted by Crippen LogP contribution is -2.39. The maximum atomic E-state index is 13.5. The van der Waals surface area contributed by atoms with E-state index in [0.29, 0.717) is 17.0 Å². The molecule has 0 aliphatic heterocycles. The van der Waals surface area contributed by atoms with Gasteiger partial charge in [-0.2, -0.15) is 8.78 Å². The molecule has 27 heavy (non-hydrogen) atoms. The highest BCUT2D eigenvalue weighted by atomic mass is 19.3. The third-order valence-electron chi connectivity index (χ3n) is 4.89. The van der Waals surface area contributed by atoms with E-state index in [-0.39, 0.29) is 30.1 Å². The van der Waals surface area contributed by atoms with Crippen LogP contribution in [-0.4, -0.2) is 33.8 Å². The minimum absolute atomic E-state index is 0.0212. The van der Waals surface area contributed by atoms with Crippen molar-refractivity contribution in [3.63, 3.8) is 0 Å². The summed E-state index contributed by atoms with van der Waals surface area (Å²) in [5, 5.41) is 6.75. The molecule has 0 bridgehead atoms. The number of amides is 1. The first-order valence-electron chi connectivity index (χ1n) is 9.17. The van der Waals surface area contributed by atoms with Gasteiger partial charge in [-0.25, -0.2) is 4.98 Å². The number of benzene rings is 1. The fraction of sp³-hybridized carbons (Fsp3) is 0.526. The molecule has 6 nitrogen and oxygen atoms in total. The minimum atomic E-state index is -2.76. The van der Waals surface area contributed by atoms with E-state index >= 15 is 0 Å². The highest BCUT2D eigenvalue weighted by Crippen LogP contribution is 2.24. The molecule has 0 spiro atoms. The first-order valence-corrected chi connectivity index (χ1v) is 9.17. The number of aromatic nitrogens is 2. The molecule has 1 aromatic carbocycles. The van der Waals surface area contributed by atoms with Gasteiger partial charge in [0.25, 0.3) is 5.91 Å². The van der Waals surface area contributed by atoms with Gasteiger partial charge >= 0.3 is 6.55 Å². The van der Waals surface area contributed by atoms with Crippen molar-refractivity contribution in [2.75, 3.05) is 6.61 Å². The third-order valence-corrected chi connectivity index (χ3v) is 4.89. The summed E-state index contributed by atoms with van der Waals surface area (Å²) in [6, 6.07) is 6.81. The Morgan fingerprint density at radius 3 is 2.74 bits per heavy atom. The van der Waals surface area contributed by atoms with E-state index in [1.165, 1.54) is 6.92 Å². The van der Waals surface area contributed by atoms with Crippen LogP contribution >= 0.6 is 0 Å². The van der Waals surface area contributed by atoms with Crippen LogP contribution in [0.2, 0.25) is 0 Å². The molecule has 0 saturated heterocycles. The number of hydrogen-bond acceptors (Lipinski definition) is 4. The Morgan fingerprint density at radius 2 is 2.04 bits per heavy atom. The second-order valence-corrected chi connectivity index (χ2v) is 7.05. The fourth-order valence-electron chi connectivity index (χ4n) is 3.40. The zero-order valence-electron chi connectivity index (χ0n) is 15.5. The van der Waals surface area contributed by atoms with Crippen LogP contribution in [0.5, 0.6) is 0 Å². The van der Waals surface area contributed by atoms with Crippen molar-refractivity contribution in [2.24, 2.45) is 11.1 Å². The summed E-state index contributed by atoms with van der Waals surface area (Å²) in [5.74, 6) is 0.470. The number of rotatable bonds is 6. The summed E-state index contributed by atoms with van der Waals surface area (Å²) in [7, 11) is 0. The van der Waals surface area contributed by atoms with Crippen molar-refractivity contribution in [1.82, 2.24) is 14.9 Å². The average molecular weight is 378 g/mol. The molecular formula is C19H24F2N4O2. The number of carbonyl (C=O) groups is 1. The van der Waals surface area contributed by atoms with Gasteiger partial charge < -0.3 is 10.2 Å². The van der Waals surface area contributed by atoms with Crippen molar-refractivity contribution in [1.29, 1.82) is 0 Å². The van der Waals surface area contributed by atoms with E-state index in [1.807, 2.05) is 0 Å². The van der Waals surface area contributed by atoms with Crippen molar-refractivity contribution in [3.05, 3.63) is 30.1 Å². The van der Waals surface area contributed by atoms with Crippen LogP contribution in [0.3, 0.4) is 0 Å². The van der Waals surface area contributed by atoms with E-state index in [0.717, 1.165) is 30.3 Å². The van der Waals surface area contributed by atoms with Crippen LogP contribution in [0, 0.1) is 5.92 Å². The molecule has 1 saturated carbocycles. The third kappa shape index (κ3) is 4.61. The van der Waals surface area contributed by atoms with Crippen LogP contribution < -0.4 is 5.32 Å². The molecular weight excluding hydrogens is 354 g/mol. The number of oxime groups is 1. The molecule has 1 fully saturated rings. The molecule has 1 aliphatic rings. The molecule has 146 valence electrons. The smallest absolute Gasteiger partial charge is 0.320 e. The largest absolute Gasteiger partial charge is 0.385 e. The first-order chi connectivity index (χ1) is 13.0. The standard InChI is InChI=1S/C19H24F2N4O2/c1-12-7-9-14(10-8-12)22-17(26)11-27-24-13(2)18-23-15-5-3-4-6-16(15)25(18)19(20)21/h3-6,12,14,19H,7-11H2,1-2H3,(H,22,26)/b24-13+. The summed E-state index contributed by atoms with van der Waals surface area (Å²) in [6.07, 6.45) is 4.14. The van der Waals surface area contributed by atoms with E-state index in [1.54, 1.807) is 24.3 Å². The molecule has 1 N–H and O–H groups in total. The van der Waals surface area contributed by atoms with E-state index in [2.05, 4.69) is 22.4 Å². The number of para-hydroxylation sites is 2. The van der Waals surface area contributed by atoms with Crippen LogP contribution in [-0.2, 0) is 9.63 Å². The van der Waals surface area contributed by atoms with E-state index in [4.69, 9.17) is 4.84 Å². The summed E-state index contributed by atoms with van der Waals surface area (Å²) in [4.78, 5) is 21.3. The minimum Gasteiger partial charge on any atom is -0.385 e. The lowest BCUT2D eigenvalue weighted by Gasteiger charge is -2.26. The number of nitrogens with one attached hydrogen (secondary N) is 1. The van der Waals surface area contributed by atoms with Crippen LogP contribution in [0.1, 0.15) is 51.9 Å². The van der Waals surface area contributed by atoms with Crippen molar-refractivity contribution >= 4 is 22.7 Å². The number of nitrogens with zero attached hydrogens (tertiary/aromatic N) is 3. The molecule has 3 rings (SSSR count). The van der Waals surface area contributed by atoms with Gasteiger partial charge in [0.1, 0.15) is 5.71 Å². The molecule has 1 heterocycles. The molecule has 8 heteroatoms. The number of hydrogen-bond donors (Lipinski definition) is 1. The second-order valence-electron chi connectivity index (χ2n) is 7.05. The monoisotopic (exact) mass is 378 g/mol. The Morgan fingerprint density at radius 1 is 1.33 bits per heavy atom. The Kier molecular flexibility index (Phi) is 6.03. The first kappa shape index (κ1) is 19.3. The summed E-state index contributed by atoms with van der Waals surface area (Å²) in [6.45, 7) is 0.735. The lowest BCUT2D eigenvalue weighted by molar-refractivity contribution is -0.126. The number of alkyl halides is 2. The molecule has 1 aliphatic carbocycles. The number of carbonyl (C=O) groups excluding carboxylic acids is 1. The van der Waals surface area contributed by atoms with Crippen LogP contribution in [0.25, 0.3) is 11.0 Å². The van der Waals surface area contributed by atoms with Gasteiger partial charge in [0, 0.05) is 6.04 Å². The Balaban J connectivity index is 1.62. The van der Waals surface area contributed by atoms with Crippen LogP contribution in [0.4, 0.5) is 8.78 Å². The van der Waals surface area contributed by atoms with Gasteiger partial charge in [0.05, 0.1) is 11.0 Å². The van der Waals surface area contributed by atoms with Gasteiger partial charge in [0.2, 0.25) is 0 Å². The quantitative estimate of drug-likeness (QED) is 0.613. The molecule has 0 unspecified atom stereocenters. The Hall–Kier alpha value is -2.51. The number of fused-ring (bicyclic) bond motifs is 1. The maximum Gasteiger partial charge on any atom is 0.320 e. The van der Waals surface area contributed by atoms with E-state index < -0.39 is 6.55 Å². The fourth-order valence-corrected chi connectivity index (χ4v) is 3.40. The Bertz CT molecular complexity index is 826. The molecule has 0 radical (unpaired) electrons. The summed E-state index contributed by atoms with van der Waals surface area (Å²) in [5.41, 5.74) is 0.957. The maximum absolute atomic E-state index is 13.5. The van der Waals surface area contributed by atoms with Gasteiger partial charge in [-0.05, 0) is 50.7 Å². The van der Waals surface area contributed by atoms with Crippen LogP contribution in [0.15, 0.2) is 29.4 Å². The van der Waals surface area contributed by atoms with Crippen molar-refractivity contribution in [3.8, 4) is 0 Å². The average Bonchev–Trinajstić information content (AvgIpc) is 3.03. The predicted molar refractivity (Wildman–Crippen MR) is 98.7 cm³/mol. The normalized spacial score (nSPS) is 20.9. The van der Waals surface area contributed by atoms with E-state index in [9.17, 15) is 13.6 Å². The zero-order chi connectivity index (χ0) is 19.4. The Labute approximate surface area is 156 Å². The zero-order valence-corrected chi connectivity index (χ0v) is 15.5. The highest BCUT2D eigenvalue weighted by Gasteiger charge is 2.21. The number of halogens is 2. The summed E-state index contributed by atoms with van der Waals surface area (Å²) >= 11 is 0. The number of imidazole rings is 1. The highest BCUT2D eigenvalue weighted by molar-refractivity contribution is 5.98.